The van der Waals surface area contributed by atoms with Gasteiger partial charge in [-0.15, -0.1) is 14.0 Å². The summed E-state index contributed by atoms with van der Waals surface area (Å²) in [6, 6.07) is 10.7. The Kier molecular flexibility index (Phi) is 9.36. The van der Waals surface area contributed by atoms with Gasteiger partial charge in [0, 0.05) is 56.1 Å². The second-order valence-electron chi connectivity index (χ2n) is 7.16. The topological polar surface area (TPSA) is 28.2 Å². The molecule has 0 spiro atoms. The van der Waals surface area contributed by atoms with E-state index in [4.69, 9.17) is 9.47 Å². The Bertz CT molecular complexity index is 771. The van der Waals surface area contributed by atoms with Gasteiger partial charge in [-0.05, 0) is 41.5 Å². The van der Waals surface area contributed by atoms with Crippen LogP contribution >= 0.6 is 7.71 Å². The number of hydrogen-bond donors (Lipinski definition) is 0. The molecule has 6 heteroatoms. The lowest BCUT2D eigenvalue weighted by molar-refractivity contribution is 0.336. The van der Waals surface area contributed by atoms with Crippen molar-refractivity contribution in [3.8, 4) is 11.5 Å². The largest absolute Gasteiger partial charge is 0.496 e. The van der Waals surface area contributed by atoms with Gasteiger partial charge in [-0.3, -0.25) is 0 Å². The van der Waals surface area contributed by atoms with Gasteiger partial charge in [0.05, 0.1) is 14.2 Å². The van der Waals surface area contributed by atoms with Gasteiger partial charge in [0.2, 0.25) is 0 Å². The molecule has 0 amide bonds. The molecule has 0 saturated heterocycles. The lowest BCUT2D eigenvalue weighted by Gasteiger charge is -2.46. The SMILES string of the molecule is CCN(CC)[P+](c1cc(OC)c2ccccc2c1OC)(N(CC)CC)N(CC)CC. The second kappa shape index (κ2) is 11.3. The van der Waals surface area contributed by atoms with E-state index in [9.17, 15) is 0 Å². The molecule has 0 bridgehead atoms. The molecule has 0 fully saturated rings. The number of hydrogen-bond acceptors (Lipinski definition) is 5. The van der Waals surface area contributed by atoms with Crippen LogP contribution in [0.1, 0.15) is 41.5 Å². The van der Waals surface area contributed by atoms with Crippen LogP contribution in [-0.4, -0.2) is 67.5 Å². The van der Waals surface area contributed by atoms with Gasteiger partial charge < -0.3 is 9.47 Å². The fraction of sp³-hybridized carbons (Fsp3) is 0.583. The zero-order chi connectivity index (χ0) is 22.3. The number of benzene rings is 2. The molecule has 30 heavy (non-hydrogen) atoms. The van der Waals surface area contributed by atoms with Crippen LogP contribution in [0.4, 0.5) is 0 Å². The summed E-state index contributed by atoms with van der Waals surface area (Å²) >= 11 is 0. The molecule has 0 aliphatic carbocycles. The first-order valence-corrected chi connectivity index (χ1v) is 13.0. The Morgan fingerprint density at radius 1 is 0.667 bits per heavy atom. The third-order valence-electron chi connectivity index (χ3n) is 6.06. The van der Waals surface area contributed by atoms with E-state index in [2.05, 4.69) is 85.9 Å². The van der Waals surface area contributed by atoms with Gasteiger partial charge in [-0.1, -0.05) is 24.3 Å². The van der Waals surface area contributed by atoms with E-state index in [0.29, 0.717) is 0 Å². The number of ether oxygens (including phenoxy) is 2. The van der Waals surface area contributed by atoms with Crippen molar-refractivity contribution in [3.05, 3.63) is 30.3 Å². The Labute approximate surface area is 184 Å². The van der Waals surface area contributed by atoms with Crippen LogP contribution in [0.5, 0.6) is 11.5 Å². The van der Waals surface area contributed by atoms with Crippen LogP contribution < -0.4 is 14.8 Å². The minimum absolute atomic E-state index is 0.914. The molecule has 0 aromatic heterocycles. The summed E-state index contributed by atoms with van der Waals surface area (Å²) < 4.78 is 20.1. The molecule has 2 rings (SSSR count). The van der Waals surface area contributed by atoms with Crippen LogP contribution in [0.3, 0.4) is 0 Å². The third-order valence-corrected chi connectivity index (χ3v) is 11.1. The van der Waals surface area contributed by atoms with Gasteiger partial charge in [0.1, 0.15) is 5.75 Å². The van der Waals surface area contributed by atoms with Gasteiger partial charge in [-0.2, -0.15) is 0 Å². The molecule has 0 radical (unpaired) electrons. The molecule has 0 aliphatic rings. The zero-order valence-electron chi connectivity index (χ0n) is 20.2. The van der Waals surface area contributed by atoms with Crippen molar-refractivity contribution < 1.29 is 9.47 Å². The highest BCUT2D eigenvalue weighted by molar-refractivity contribution is 7.76. The first-order valence-electron chi connectivity index (χ1n) is 11.3. The minimum atomic E-state index is -2.08. The van der Waals surface area contributed by atoms with E-state index in [1.54, 1.807) is 14.2 Å². The van der Waals surface area contributed by atoms with Gasteiger partial charge in [0.25, 0.3) is 7.71 Å². The molecule has 0 heterocycles. The molecule has 0 unspecified atom stereocenters. The van der Waals surface area contributed by atoms with Gasteiger partial charge >= 0.3 is 0 Å². The average molecular weight is 435 g/mol. The lowest BCUT2D eigenvalue weighted by Crippen LogP contribution is -2.50. The van der Waals surface area contributed by atoms with Gasteiger partial charge in [0.15, 0.2) is 11.1 Å². The van der Waals surface area contributed by atoms with Gasteiger partial charge in [-0.25, -0.2) is 0 Å². The summed E-state index contributed by atoms with van der Waals surface area (Å²) in [6.07, 6.45) is 0. The summed E-state index contributed by atoms with van der Waals surface area (Å²) in [4.78, 5) is 0. The predicted octanol–water partition coefficient (Wildman–Crippen LogP) is 5.27. The molecule has 5 nitrogen and oxygen atoms in total. The van der Waals surface area contributed by atoms with Crippen molar-refractivity contribution in [2.75, 3.05) is 53.5 Å². The highest BCUT2D eigenvalue weighted by atomic mass is 31.2. The fourth-order valence-electron chi connectivity index (χ4n) is 4.76. The summed E-state index contributed by atoms with van der Waals surface area (Å²) in [6.45, 7) is 19.5. The molecule has 0 aliphatic heterocycles. The molecule has 2 aromatic rings. The predicted molar refractivity (Wildman–Crippen MR) is 132 cm³/mol. The highest BCUT2D eigenvalue weighted by Gasteiger charge is 2.58. The first kappa shape index (κ1) is 24.9. The van der Waals surface area contributed by atoms with E-state index in [-0.39, 0.29) is 0 Å². The molecular formula is C24H41N3O2P+. The molecule has 2 aromatic carbocycles. The van der Waals surface area contributed by atoms with E-state index in [1.807, 2.05) is 0 Å². The molecule has 0 saturated carbocycles. The zero-order valence-corrected chi connectivity index (χ0v) is 21.1. The Hall–Kier alpha value is -1.39. The lowest BCUT2D eigenvalue weighted by atomic mass is 10.1. The summed E-state index contributed by atoms with van der Waals surface area (Å²) in [5.74, 6) is 1.89. The van der Waals surface area contributed by atoms with Crippen molar-refractivity contribution >= 4 is 23.8 Å². The minimum Gasteiger partial charge on any atom is -0.496 e. The van der Waals surface area contributed by atoms with Crippen molar-refractivity contribution in [2.24, 2.45) is 0 Å². The second-order valence-corrected chi connectivity index (χ2v) is 10.5. The molecule has 168 valence electrons. The number of rotatable bonds is 12. The Morgan fingerprint density at radius 2 is 1.10 bits per heavy atom. The standard InChI is InChI=1S/C24H41N3O2P/c1-9-25(10-2)30(26(11-3)12-4,27(13-5)14-6)23-19-22(28-7)20-17-15-16-18-21(20)24(23)29-8/h15-19H,9-14H2,1-8H3/q+1. The fourth-order valence-corrected chi connectivity index (χ4v) is 9.88. The monoisotopic (exact) mass is 434 g/mol. The van der Waals surface area contributed by atoms with Crippen LogP contribution in [0.2, 0.25) is 0 Å². The van der Waals surface area contributed by atoms with Crippen LogP contribution in [0, 0.1) is 0 Å². The molecule has 0 N–H and O–H groups in total. The third kappa shape index (κ3) is 4.05. The maximum Gasteiger partial charge on any atom is 0.266 e. The van der Waals surface area contributed by atoms with E-state index in [0.717, 1.165) is 61.5 Å². The van der Waals surface area contributed by atoms with Crippen molar-refractivity contribution in [2.45, 2.75) is 41.5 Å². The maximum absolute atomic E-state index is 6.17. The summed E-state index contributed by atoms with van der Waals surface area (Å²) in [5, 5.41) is 3.47. The van der Waals surface area contributed by atoms with Crippen molar-refractivity contribution in [3.63, 3.8) is 0 Å². The smallest absolute Gasteiger partial charge is 0.266 e. The van der Waals surface area contributed by atoms with Crippen LogP contribution in [-0.2, 0) is 0 Å². The van der Waals surface area contributed by atoms with Crippen molar-refractivity contribution in [1.29, 1.82) is 0 Å². The summed E-state index contributed by atoms with van der Waals surface area (Å²) in [7, 11) is 1.49. The molecular weight excluding hydrogens is 393 g/mol. The average Bonchev–Trinajstić information content (AvgIpc) is 2.79. The quantitative estimate of drug-likeness (QED) is 0.424. The van der Waals surface area contributed by atoms with E-state index < -0.39 is 7.71 Å². The first-order chi connectivity index (χ1) is 14.5. The number of nitrogens with zero attached hydrogens (tertiary/aromatic N) is 3. The Morgan fingerprint density at radius 3 is 1.47 bits per heavy atom. The van der Waals surface area contributed by atoms with E-state index in [1.165, 1.54) is 5.30 Å². The number of methoxy groups -OCH3 is 2. The number of fused-ring (bicyclic) bond motifs is 1. The molecule has 0 atom stereocenters. The Balaban J connectivity index is 3.08. The highest BCUT2D eigenvalue weighted by Crippen LogP contribution is 2.68. The summed E-state index contributed by atoms with van der Waals surface area (Å²) in [5.41, 5.74) is 0. The maximum atomic E-state index is 6.17. The van der Waals surface area contributed by atoms with Crippen LogP contribution in [0.25, 0.3) is 10.8 Å². The van der Waals surface area contributed by atoms with Crippen molar-refractivity contribution in [1.82, 2.24) is 14.0 Å². The van der Waals surface area contributed by atoms with Crippen LogP contribution in [0.15, 0.2) is 30.3 Å². The normalized spacial score (nSPS) is 12.4. The van der Waals surface area contributed by atoms with E-state index >= 15 is 0 Å².